The number of likely N-dealkylation sites (tertiary alicyclic amines) is 1. The van der Waals surface area contributed by atoms with Gasteiger partial charge in [0.25, 0.3) is 0 Å². The monoisotopic (exact) mass is 481 g/mol. The fraction of sp³-hybridized carbons (Fsp3) is 0.941. The van der Waals surface area contributed by atoms with Gasteiger partial charge >= 0.3 is 35.8 Å². The van der Waals surface area contributed by atoms with E-state index in [9.17, 15) is 53.1 Å². The number of esters is 1. The number of hydrogen-bond donors (Lipinski definition) is 0. The van der Waals surface area contributed by atoms with Crippen LogP contribution in [0, 0.1) is 5.92 Å². The molecule has 31 heavy (non-hydrogen) atoms. The smallest absolute Gasteiger partial charge is 0.455 e. The van der Waals surface area contributed by atoms with Crippen molar-refractivity contribution < 1.29 is 57.8 Å². The third kappa shape index (κ3) is 5.36. The van der Waals surface area contributed by atoms with Gasteiger partial charge in [-0.3, -0.25) is 4.79 Å². The standard InChI is InChI=1S/C17H22F11NO2/c1-10(2)12(31-11(30)6-9-29-7-4-3-5-8-29)13(18,19)14(20,21)15(22,23)16(24,25)17(26,27)28/h10,12H,3-9H2,1-2H3. The van der Waals surface area contributed by atoms with Gasteiger partial charge in [-0.15, -0.1) is 0 Å². The molecule has 0 saturated carbocycles. The molecule has 1 rings (SSSR count). The van der Waals surface area contributed by atoms with Crippen molar-refractivity contribution in [3.63, 3.8) is 0 Å². The number of ether oxygens (including phenoxy) is 1. The zero-order valence-corrected chi connectivity index (χ0v) is 16.5. The minimum absolute atomic E-state index is 0.0199. The number of carbonyl (C=O) groups excluding carboxylic acids is 1. The van der Waals surface area contributed by atoms with Crippen molar-refractivity contribution in [1.29, 1.82) is 0 Å². The fourth-order valence-corrected chi connectivity index (χ4v) is 3.02. The van der Waals surface area contributed by atoms with Crippen LogP contribution in [0.15, 0.2) is 0 Å². The topological polar surface area (TPSA) is 29.5 Å². The van der Waals surface area contributed by atoms with Crippen LogP contribution in [-0.4, -0.2) is 66.5 Å². The maximum Gasteiger partial charge on any atom is 0.460 e. The first-order valence-electron chi connectivity index (χ1n) is 9.30. The molecule has 1 heterocycles. The number of piperidine rings is 1. The minimum atomic E-state index is -7.53. The van der Waals surface area contributed by atoms with Crippen molar-refractivity contribution in [2.45, 2.75) is 75.5 Å². The normalized spacial score (nSPS) is 18.9. The average Bonchev–Trinajstić information content (AvgIpc) is 2.63. The maximum atomic E-state index is 14.3. The van der Waals surface area contributed by atoms with E-state index in [-0.39, 0.29) is 6.54 Å². The number of alkyl halides is 11. The molecule has 1 aliphatic rings. The van der Waals surface area contributed by atoms with Crippen LogP contribution in [-0.2, 0) is 9.53 Å². The molecular formula is C17H22F11NO2. The lowest BCUT2D eigenvalue weighted by molar-refractivity contribution is -0.429. The predicted octanol–water partition coefficient (Wildman–Crippen LogP) is 5.53. The zero-order valence-electron chi connectivity index (χ0n) is 16.5. The second-order valence-electron chi connectivity index (χ2n) is 7.65. The predicted molar refractivity (Wildman–Crippen MR) is 85.5 cm³/mol. The van der Waals surface area contributed by atoms with Crippen LogP contribution in [0.3, 0.4) is 0 Å². The molecule has 3 nitrogen and oxygen atoms in total. The van der Waals surface area contributed by atoms with Gasteiger partial charge in [-0.1, -0.05) is 20.3 Å². The highest BCUT2D eigenvalue weighted by molar-refractivity contribution is 5.70. The fourth-order valence-electron chi connectivity index (χ4n) is 3.02. The summed E-state index contributed by atoms with van der Waals surface area (Å²) in [5, 5.41) is 0. The molecule has 0 radical (unpaired) electrons. The van der Waals surface area contributed by atoms with E-state index in [1.165, 1.54) is 0 Å². The Hall–Kier alpha value is -1.34. The second-order valence-corrected chi connectivity index (χ2v) is 7.65. The number of hydrogen-bond acceptors (Lipinski definition) is 3. The highest BCUT2D eigenvalue weighted by Crippen LogP contribution is 2.58. The highest BCUT2D eigenvalue weighted by Gasteiger charge is 2.88. The number of carbonyl (C=O) groups is 1. The average molecular weight is 481 g/mol. The van der Waals surface area contributed by atoms with E-state index in [0.29, 0.717) is 13.1 Å². The summed E-state index contributed by atoms with van der Waals surface area (Å²) in [6, 6.07) is 0. The van der Waals surface area contributed by atoms with Crippen molar-refractivity contribution in [3.8, 4) is 0 Å². The Morgan fingerprint density at radius 1 is 0.806 bits per heavy atom. The van der Waals surface area contributed by atoms with Gasteiger partial charge in [-0.2, -0.15) is 48.3 Å². The van der Waals surface area contributed by atoms with Crippen LogP contribution < -0.4 is 0 Å². The van der Waals surface area contributed by atoms with Crippen molar-refractivity contribution in [2.75, 3.05) is 19.6 Å². The summed E-state index contributed by atoms with van der Waals surface area (Å²) in [5.74, 6) is -31.8. The molecule has 1 fully saturated rings. The molecule has 1 saturated heterocycles. The number of halogens is 11. The van der Waals surface area contributed by atoms with E-state index in [2.05, 4.69) is 4.74 Å². The summed E-state index contributed by atoms with van der Waals surface area (Å²) in [4.78, 5) is 13.6. The Morgan fingerprint density at radius 2 is 1.29 bits per heavy atom. The van der Waals surface area contributed by atoms with Gasteiger partial charge in [0, 0.05) is 6.54 Å². The SMILES string of the molecule is CC(C)C(OC(=O)CCN1CCCCC1)C(F)(F)C(F)(F)C(F)(F)C(F)(F)C(F)(F)F. The Kier molecular flexibility index (Phi) is 8.27. The van der Waals surface area contributed by atoms with E-state index >= 15 is 0 Å². The highest BCUT2D eigenvalue weighted by atomic mass is 19.4. The van der Waals surface area contributed by atoms with Crippen LogP contribution in [0.4, 0.5) is 48.3 Å². The molecule has 1 unspecified atom stereocenters. The third-order valence-electron chi connectivity index (χ3n) is 4.87. The molecule has 0 aromatic carbocycles. The molecule has 0 aromatic heterocycles. The molecule has 1 aliphatic heterocycles. The Morgan fingerprint density at radius 3 is 1.71 bits per heavy atom. The van der Waals surface area contributed by atoms with Crippen LogP contribution in [0.1, 0.15) is 39.5 Å². The van der Waals surface area contributed by atoms with Crippen LogP contribution in [0.25, 0.3) is 0 Å². The van der Waals surface area contributed by atoms with E-state index < -0.39 is 54.3 Å². The molecule has 1 atom stereocenters. The lowest BCUT2D eigenvalue weighted by Gasteiger charge is -2.40. The van der Waals surface area contributed by atoms with Crippen molar-refractivity contribution in [2.24, 2.45) is 5.92 Å². The van der Waals surface area contributed by atoms with Gasteiger partial charge in [0.1, 0.15) is 0 Å². The third-order valence-corrected chi connectivity index (χ3v) is 4.87. The molecule has 0 amide bonds. The van der Waals surface area contributed by atoms with E-state index in [4.69, 9.17) is 0 Å². The largest absolute Gasteiger partial charge is 0.460 e. The van der Waals surface area contributed by atoms with Gasteiger partial charge < -0.3 is 9.64 Å². The molecule has 0 spiro atoms. The van der Waals surface area contributed by atoms with Gasteiger partial charge in [0.2, 0.25) is 0 Å². The van der Waals surface area contributed by atoms with Gasteiger partial charge in [-0.25, -0.2) is 0 Å². The lowest BCUT2D eigenvalue weighted by atomic mass is 9.89. The summed E-state index contributed by atoms with van der Waals surface area (Å²) in [5.41, 5.74) is 0. The second kappa shape index (κ2) is 9.26. The van der Waals surface area contributed by atoms with Crippen LogP contribution in [0.5, 0.6) is 0 Å². The Labute approximate surface area is 170 Å². The summed E-state index contributed by atoms with van der Waals surface area (Å²) in [6.45, 7) is 2.56. The molecule has 184 valence electrons. The molecule has 14 heteroatoms. The first-order valence-corrected chi connectivity index (χ1v) is 9.30. The van der Waals surface area contributed by atoms with Gasteiger partial charge in [0.05, 0.1) is 6.42 Å². The molecule has 0 bridgehead atoms. The zero-order chi connectivity index (χ0) is 24.5. The van der Waals surface area contributed by atoms with Gasteiger partial charge in [-0.05, 0) is 31.8 Å². The van der Waals surface area contributed by atoms with Crippen molar-refractivity contribution in [3.05, 3.63) is 0 Å². The molecule has 0 aromatic rings. The maximum absolute atomic E-state index is 14.3. The number of rotatable bonds is 9. The van der Waals surface area contributed by atoms with E-state index in [1.807, 2.05) is 0 Å². The first-order chi connectivity index (χ1) is 13.8. The quantitative estimate of drug-likeness (QED) is 0.320. The molecule has 0 aliphatic carbocycles. The summed E-state index contributed by atoms with van der Waals surface area (Å²) in [7, 11) is 0. The van der Waals surface area contributed by atoms with E-state index in [1.54, 1.807) is 4.90 Å². The van der Waals surface area contributed by atoms with Crippen LogP contribution >= 0.6 is 0 Å². The van der Waals surface area contributed by atoms with Crippen LogP contribution in [0.2, 0.25) is 0 Å². The lowest BCUT2D eigenvalue weighted by Crippen LogP contribution is -2.69. The minimum Gasteiger partial charge on any atom is -0.455 e. The Balaban J connectivity index is 3.09. The van der Waals surface area contributed by atoms with Crippen molar-refractivity contribution in [1.82, 2.24) is 4.90 Å². The Bertz CT molecular complexity index is 614. The number of nitrogens with zero attached hydrogens (tertiary/aromatic N) is 1. The molecular weight excluding hydrogens is 459 g/mol. The summed E-state index contributed by atoms with van der Waals surface area (Å²) in [6.07, 6.45) is -8.72. The van der Waals surface area contributed by atoms with E-state index in [0.717, 1.165) is 33.1 Å². The first kappa shape index (κ1) is 27.7. The van der Waals surface area contributed by atoms with Gasteiger partial charge in [0.15, 0.2) is 6.10 Å². The van der Waals surface area contributed by atoms with Crippen molar-refractivity contribution >= 4 is 5.97 Å². The summed E-state index contributed by atoms with van der Waals surface area (Å²) < 4.78 is 150. The molecule has 0 N–H and O–H groups in total. The summed E-state index contributed by atoms with van der Waals surface area (Å²) >= 11 is 0.